The summed E-state index contributed by atoms with van der Waals surface area (Å²) in [6.45, 7) is 5.23. The summed E-state index contributed by atoms with van der Waals surface area (Å²) >= 11 is 0. The first-order valence-electron chi connectivity index (χ1n) is 6.93. The van der Waals surface area contributed by atoms with Crippen LogP contribution in [0.5, 0.6) is 0 Å². The zero-order valence-electron chi connectivity index (χ0n) is 12.5. The summed E-state index contributed by atoms with van der Waals surface area (Å²) in [5.74, 6) is -1.48. The average molecular weight is 313 g/mol. The lowest BCUT2D eigenvalue weighted by molar-refractivity contribution is -0.147. The normalized spacial score (nSPS) is 10.2. The van der Waals surface area contributed by atoms with E-state index in [9.17, 15) is 14.4 Å². The number of ether oxygens (including phenoxy) is 2. The minimum Gasteiger partial charge on any atom is -0.466 e. The number of esters is 2. The number of hydrogen-bond acceptors (Lipinski definition) is 8. The van der Waals surface area contributed by atoms with Gasteiger partial charge in [-0.2, -0.15) is 0 Å². The Morgan fingerprint density at radius 3 is 2.59 bits per heavy atom. The Morgan fingerprint density at radius 2 is 1.95 bits per heavy atom. The standard InChI is InChI=1S/C14H19NO7/c1-10(2)13(17)20-9-7-12(16)19-8-5-3-4-6-11-15-22-14(18)21-11/h1,3-9H2,2H3. The zero-order chi connectivity index (χ0) is 16.4. The van der Waals surface area contributed by atoms with Crippen LogP contribution in [0.2, 0.25) is 0 Å². The molecule has 0 aliphatic carbocycles. The van der Waals surface area contributed by atoms with Crippen molar-refractivity contribution in [2.75, 3.05) is 13.2 Å². The second-order valence-corrected chi connectivity index (χ2v) is 4.63. The first-order chi connectivity index (χ1) is 10.5. The summed E-state index contributed by atoms with van der Waals surface area (Å²) in [5, 5.41) is 3.43. The summed E-state index contributed by atoms with van der Waals surface area (Å²) in [7, 11) is 0. The number of aromatic nitrogens is 1. The Morgan fingerprint density at radius 1 is 1.18 bits per heavy atom. The number of carbonyl (C=O) groups is 2. The van der Waals surface area contributed by atoms with Gasteiger partial charge in [-0.15, -0.1) is 0 Å². The molecule has 8 heteroatoms. The molecule has 0 bridgehead atoms. The first-order valence-corrected chi connectivity index (χ1v) is 6.93. The van der Waals surface area contributed by atoms with Gasteiger partial charge in [0.05, 0.1) is 13.0 Å². The molecule has 0 amide bonds. The lowest BCUT2D eigenvalue weighted by Crippen LogP contribution is -2.12. The molecule has 0 aliphatic rings. The van der Waals surface area contributed by atoms with E-state index in [0.717, 1.165) is 12.8 Å². The number of rotatable bonds is 10. The van der Waals surface area contributed by atoms with Gasteiger partial charge in [-0.3, -0.25) is 9.32 Å². The van der Waals surface area contributed by atoms with Crippen molar-refractivity contribution in [1.82, 2.24) is 5.16 Å². The van der Waals surface area contributed by atoms with Gasteiger partial charge in [-0.05, 0) is 31.3 Å². The smallest absolute Gasteiger partial charge is 0.466 e. The summed E-state index contributed by atoms with van der Waals surface area (Å²) in [6, 6.07) is 0. The quantitative estimate of drug-likeness (QED) is 0.362. The zero-order valence-corrected chi connectivity index (χ0v) is 12.5. The largest absolute Gasteiger partial charge is 0.542 e. The van der Waals surface area contributed by atoms with Gasteiger partial charge < -0.3 is 13.9 Å². The fourth-order valence-electron chi connectivity index (χ4n) is 1.48. The van der Waals surface area contributed by atoms with E-state index >= 15 is 0 Å². The minimum absolute atomic E-state index is 0.0170. The number of carbonyl (C=O) groups excluding carboxylic acids is 2. The molecular formula is C14H19NO7. The van der Waals surface area contributed by atoms with Crippen LogP contribution in [-0.4, -0.2) is 30.3 Å². The van der Waals surface area contributed by atoms with Crippen LogP contribution in [-0.2, 0) is 25.5 Å². The highest BCUT2D eigenvalue weighted by molar-refractivity contribution is 5.87. The molecule has 0 N–H and O–H groups in total. The van der Waals surface area contributed by atoms with Crippen LogP contribution in [0.3, 0.4) is 0 Å². The molecule has 1 aromatic rings. The number of unbranched alkanes of at least 4 members (excludes halogenated alkanes) is 2. The summed E-state index contributed by atoms with van der Waals surface area (Å²) in [4.78, 5) is 33.0. The molecule has 0 fully saturated rings. The van der Waals surface area contributed by atoms with E-state index < -0.39 is 17.8 Å². The molecule has 1 heterocycles. The molecule has 22 heavy (non-hydrogen) atoms. The van der Waals surface area contributed by atoms with Crippen LogP contribution in [0.15, 0.2) is 25.9 Å². The van der Waals surface area contributed by atoms with Gasteiger partial charge in [-0.25, -0.2) is 9.59 Å². The fourth-order valence-corrected chi connectivity index (χ4v) is 1.48. The maximum Gasteiger partial charge on any atom is 0.542 e. The molecule has 0 aromatic carbocycles. The Hall–Kier alpha value is -2.38. The fraction of sp³-hybridized carbons (Fsp3) is 0.571. The van der Waals surface area contributed by atoms with Gasteiger partial charge in [0.15, 0.2) is 0 Å². The van der Waals surface area contributed by atoms with Crippen LogP contribution in [0.4, 0.5) is 0 Å². The van der Waals surface area contributed by atoms with Gasteiger partial charge in [0.1, 0.15) is 6.61 Å². The van der Waals surface area contributed by atoms with Crippen LogP contribution >= 0.6 is 0 Å². The number of aryl methyl sites for hydroxylation is 1. The molecule has 0 atom stereocenters. The van der Waals surface area contributed by atoms with E-state index in [2.05, 4.69) is 20.7 Å². The minimum atomic E-state index is -0.809. The molecule has 0 radical (unpaired) electrons. The topological polar surface area (TPSA) is 109 Å². The molecule has 0 aliphatic heterocycles. The Labute approximate surface area is 127 Å². The predicted molar refractivity (Wildman–Crippen MR) is 73.9 cm³/mol. The molecule has 1 aromatic heterocycles. The molecule has 0 spiro atoms. The maximum absolute atomic E-state index is 11.3. The number of nitrogens with zero attached hydrogens (tertiary/aromatic N) is 1. The van der Waals surface area contributed by atoms with E-state index in [-0.39, 0.29) is 31.1 Å². The summed E-state index contributed by atoms with van der Waals surface area (Å²) in [6.07, 6.45) is 2.72. The molecular weight excluding hydrogens is 294 g/mol. The van der Waals surface area contributed by atoms with Crippen molar-refractivity contribution >= 4 is 11.9 Å². The molecule has 1 rings (SSSR count). The van der Waals surface area contributed by atoms with E-state index in [1.807, 2.05) is 0 Å². The van der Waals surface area contributed by atoms with Crippen LogP contribution in [0, 0.1) is 0 Å². The highest BCUT2D eigenvalue weighted by atomic mass is 16.6. The highest BCUT2D eigenvalue weighted by Crippen LogP contribution is 2.03. The third-order valence-electron chi connectivity index (χ3n) is 2.61. The average Bonchev–Trinajstić information content (AvgIpc) is 2.88. The Balaban J connectivity index is 1.97. The van der Waals surface area contributed by atoms with Crippen molar-refractivity contribution in [3.8, 4) is 0 Å². The van der Waals surface area contributed by atoms with E-state index in [4.69, 9.17) is 9.47 Å². The third kappa shape index (κ3) is 7.41. The van der Waals surface area contributed by atoms with E-state index in [0.29, 0.717) is 12.8 Å². The van der Waals surface area contributed by atoms with Crippen molar-refractivity contribution < 1.29 is 28.0 Å². The van der Waals surface area contributed by atoms with Crippen molar-refractivity contribution in [2.45, 2.75) is 39.0 Å². The maximum atomic E-state index is 11.3. The van der Waals surface area contributed by atoms with Gasteiger partial charge in [0.2, 0.25) is 5.89 Å². The SMILES string of the molecule is C=C(C)C(=O)OCCC(=O)OCCCCCc1noc(=O)o1. The van der Waals surface area contributed by atoms with Crippen LogP contribution < -0.4 is 5.82 Å². The summed E-state index contributed by atoms with van der Waals surface area (Å²) < 4.78 is 18.7. The third-order valence-corrected chi connectivity index (χ3v) is 2.61. The first kappa shape index (κ1) is 17.7. The van der Waals surface area contributed by atoms with E-state index in [1.54, 1.807) is 0 Å². The molecule has 0 saturated carbocycles. The van der Waals surface area contributed by atoms with Gasteiger partial charge in [0, 0.05) is 12.0 Å². The highest BCUT2D eigenvalue weighted by Gasteiger charge is 2.07. The number of hydrogen-bond donors (Lipinski definition) is 0. The summed E-state index contributed by atoms with van der Waals surface area (Å²) in [5.41, 5.74) is 0.288. The second-order valence-electron chi connectivity index (χ2n) is 4.63. The van der Waals surface area contributed by atoms with Crippen molar-refractivity contribution in [2.24, 2.45) is 0 Å². The predicted octanol–water partition coefficient (Wildman–Crippen LogP) is 1.39. The second kappa shape index (κ2) is 9.54. The van der Waals surface area contributed by atoms with Gasteiger partial charge in [-0.1, -0.05) is 6.58 Å². The molecule has 0 unspecified atom stereocenters. The van der Waals surface area contributed by atoms with Crippen molar-refractivity contribution in [3.05, 3.63) is 28.7 Å². The molecule has 8 nitrogen and oxygen atoms in total. The molecule has 0 saturated heterocycles. The van der Waals surface area contributed by atoms with Crippen molar-refractivity contribution in [3.63, 3.8) is 0 Å². The van der Waals surface area contributed by atoms with E-state index in [1.165, 1.54) is 6.92 Å². The molecule has 122 valence electrons. The Kier molecular flexibility index (Phi) is 7.66. The van der Waals surface area contributed by atoms with Gasteiger partial charge in [0.25, 0.3) is 0 Å². The van der Waals surface area contributed by atoms with Gasteiger partial charge >= 0.3 is 17.8 Å². The van der Waals surface area contributed by atoms with Crippen molar-refractivity contribution in [1.29, 1.82) is 0 Å². The lowest BCUT2D eigenvalue weighted by Gasteiger charge is -2.05. The Bertz CT molecular complexity index is 558. The van der Waals surface area contributed by atoms with Crippen LogP contribution in [0.1, 0.15) is 38.5 Å². The lowest BCUT2D eigenvalue weighted by atomic mass is 10.2. The van der Waals surface area contributed by atoms with Crippen LogP contribution in [0.25, 0.3) is 0 Å². The monoisotopic (exact) mass is 313 g/mol.